The van der Waals surface area contributed by atoms with E-state index in [4.69, 9.17) is 5.11 Å². The maximum Gasteiger partial charge on any atom is 0.416 e. The molecule has 0 heterocycles. The van der Waals surface area contributed by atoms with Crippen molar-refractivity contribution in [1.82, 2.24) is 10.6 Å². The Hall–Kier alpha value is -2.25. The van der Waals surface area contributed by atoms with Crippen LogP contribution in [0.5, 0.6) is 0 Å². The molecule has 1 aromatic rings. The lowest BCUT2D eigenvalue weighted by molar-refractivity contribution is -0.145. The second-order valence-electron chi connectivity index (χ2n) is 6.08. The van der Waals surface area contributed by atoms with Crippen molar-refractivity contribution in [3.63, 3.8) is 0 Å². The van der Waals surface area contributed by atoms with Crippen LogP contribution < -0.4 is 10.6 Å². The normalized spacial score (nSPS) is 21.5. The third-order valence-electron chi connectivity index (χ3n) is 4.05. The first kappa shape index (κ1) is 18.1. The van der Waals surface area contributed by atoms with Crippen LogP contribution in [0.3, 0.4) is 0 Å². The van der Waals surface area contributed by atoms with Gasteiger partial charge in [0.15, 0.2) is 0 Å². The van der Waals surface area contributed by atoms with E-state index in [0.717, 1.165) is 6.07 Å². The zero-order chi connectivity index (χ0) is 17.9. The lowest BCUT2D eigenvalue weighted by atomic mass is 9.80. The number of carboxylic acids is 1. The topological polar surface area (TPSA) is 78.4 Å². The minimum Gasteiger partial charge on any atom is -0.481 e. The van der Waals surface area contributed by atoms with Gasteiger partial charge in [-0.2, -0.15) is 13.2 Å². The first-order valence-electron chi connectivity index (χ1n) is 7.61. The maximum atomic E-state index is 12.9. The van der Waals surface area contributed by atoms with Crippen LogP contribution in [0.15, 0.2) is 24.3 Å². The van der Waals surface area contributed by atoms with Crippen LogP contribution >= 0.6 is 0 Å². The van der Waals surface area contributed by atoms with Crippen molar-refractivity contribution in [3.05, 3.63) is 35.4 Å². The van der Waals surface area contributed by atoms with Crippen molar-refractivity contribution in [2.24, 2.45) is 5.92 Å². The molecule has 0 radical (unpaired) electrons. The second-order valence-corrected chi connectivity index (χ2v) is 6.08. The molecule has 0 bridgehead atoms. The van der Waals surface area contributed by atoms with Crippen molar-refractivity contribution in [2.75, 3.05) is 0 Å². The summed E-state index contributed by atoms with van der Waals surface area (Å²) in [4.78, 5) is 22.5. The Balaban J connectivity index is 1.85. The highest BCUT2D eigenvalue weighted by atomic mass is 19.4. The van der Waals surface area contributed by atoms with Gasteiger partial charge in [0.2, 0.25) is 0 Å². The Bertz CT molecular complexity index is 613. The van der Waals surface area contributed by atoms with E-state index in [2.05, 4.69) is 10.6 Å². The Labute approximate surface area is 137 Å². The fraction of sp³-hybridized carbons (Fsp3) is 0.500. The summed E-state index contributed by atoms with van der Waals surface area (Å²) in [6, 6.07) is 4.06. The average Bonchev–Trinajstić information content (AvgIpc) is 2.41. The molecule has 132 valence electrons. The smallest absolute Gasteiger partial charge is 0.416 e. The number of amides is 2. The summed E-state index contributed by atoms with van der Waals surface area (Å²) in [5.41, 5.74) is -0.588. The molecule has 24 heavy (non-hydrogen) atoms. The molecule has 1 aliphatic carbocycles. The number of benzene rings is 1. The third-order valence-corrected chi connectivity index (χ3v) is 4.05. The van der Waals surface area contributed by atoms with E-state index >= 15 is 0 Å². The van der Waals surface area contributed by atoms with Gasteiger partial charge in [0, 0.05) is 12.1 Å². The van der Waals surface area contributed by atoms with Crippen molar-refractivity contribution in [2.45, 2.75) is 44.4 Å². The second kappa shape index (κ2) is 7.11. The van der Waals surface area contributed by atoms with Gasteiger partial charge in [-0.25, -0.2) is 4.79 Å². The van der Waals surface area contributed by atoms with Crippen LogP contribution in [-0.4, -0.2) is 29.2 Å². The van der Waals surface area contributed by atoms with E-state index in [9.17, 15) is 22.8 Å². The van der Waals surface area contributed by atoms with Crippen molar-refractivity contribution in [3.8, 4) is 0 Å². The molecule has 0 saturated heterocycles. The molecule has 2 rings (SSSR count). The van der Waals surface area contributed by atoms with Crippen LogP contribution in [-0.2, 0) is 17.4 Å². The highest BCUT2D eigenvalue weighted by molar-refractivity contribution is 5.76. The first-order chi connectivity index (χ1) is 11.2. The molecule has 8 heteroatoms. The van der Waals surface area contributed by atoms with Crippen molar-refractivity contribution >= 4 is 12.0 Å². The number of rotatable bonds is 5. The first-order valence-corrected chi connectivity index (χ1v) is 7.61. The summed E-state index contributed by atoms with van der Waals surface area (Å²) in [5, 5.41) is 14.0. The summed E-state index contributed by atoms with van der Waals surface area (Å²) < 4.78 is 38.8. The zero-order valence-electron chi connectivity index (χ0n) is 13.1. The van der Waals surface area contributed by atoms with E-state index in [0.29, 0.717) is 12.8 Å². The van der Waals surface area contributed by atoms with E-state index in [1.54, 1.807) is 6.92 Å². The SMILES string of the molecule is CC(Cc1ccccc1C(F)(F)F)NC(=O)NC1CC(C(=O)O)C1. The van der Waals surface area contributed by atoms with Gasteiger partial charge < -0.3 is 15.7 Å². The molecule has 2 amide bonds. The van der Waals surface area contributed by atoms with Gasteiger partial charge in [-0.3, -0.25) is 4.79 Å². The molecular weight excluding hydrogens is 325 g/mol. The number of hydrogen-bond donors (Lipinski definition) is 3. The van der Waals surface area contributed by atoms with Gasteiger partial charge in [0.1, 0.15) is 0 Å². The lowest BCUT2D eigenvalue weighted by Gasteiger charge is -2.33. The fourth-order valence-electron chi connectivity index (χ4n) is 2.74. The number of carbonyl (C=O) groups is 2. The fourth-order valence-corrected chi connectivity index (χ4v) is 2.74. The number of nitrogens with one attached hydrogen (secondary N) is 2. The number of halogens is 3. The molecule has 5 nitrogen and oxygen atoms in total. The Morgan fingerprint density at radius 3 is 2.50 bits per heavy atom. The minimum absolute atomic E-state index is 0.0471. The summed E-state index contributed by atoms with van der Waals surface area (Å²) in [6.45, 7) is 1.62. The van der Waals surface area contributed by atoms with E-state index < -0.39 is 35.7 Å². The molecule has 1 atom stereocenters. The quantitative estimate of drug-likeness (QED) is 0.769. The molecule has 0 aliphatic heterocycles. The number of carbonyl (C=O) groups excluding carboxylic acids is 1. The number of hydrogen-bond acceptors (Lipinski definition) is 2. The summed E-state index contributed by atoms with van der Waals surface area (Å²) in [5.74, 6) is -1.32. The van der Waals surface area contributed by atoms with Gasteiger partial charge in [-0.1, -0.05) is 18.2 Å². The lowest BCUT2D eigenvalue weighted by Crippen LogP contribution is -2.51. The molecule has 3 N–H and O–H groups in total. The number of aliphatic carboxylic acids is 1. The minimum atomic E-state index is -4.43. The molecular formula is C16H19F3N2O3. The highest BCUT2D eigenvalue weighted by Crippen LogP contribution is 2.32. The van der Waals surface area contributed by atoms with Gasteiger partial charge in [-0.05, 0) is 37.8 Å². The van der Waals surface area contributed by atoms with Crippen molar-refractivity contribution < 1.29 is 27.9 Å². The standard InChI is InChI=1S/C16H19F3N2O3/c1-9(6-10-4-2-3-5-13(10)16(17,18)19)20-15(24)21-12-7-11(8-12)14(22)23/h2-5,9,11-12H,6-8H2,1H3,(H,22,23)(H2,20,21,24). The van der Waals surface area contributed by atoms with Crippen LogP contribution in [0, 0.1) is 5.92 Å². The summed E-state index contributed by atoms with van der Waals surface area (Å²) in [7, 11) is 0. The largest absolute Gasteiger partial charge is 0.481 e. The van der Waals surface area contributed by atoms with E-state index in [1.807, 2.05) is 0 Å². The predicted octanol–water partition coefficient (Wildman–Crippen LogP) is 2.80. The van der Waals surface area contributed by atoms with E-state index in [-0.39, 0.29) is 18.0 Å². The summed E-state index contributed by atoms with van der Waals surface area (Å²) >= 11 is 0. The van der Waals surface area contributed by atoms with Gasteiger partial charge in [0.25, 0.3) is 0 Å². The van der Waals surface area contributed by atoms with Crippen LogP contribution in [0.1, 0.15) is 30.9 Å². The molecule has 1 aliphatic rings. The van der Waals surface area contributed by atoms with Gasteiger partial charge in [-0.15, -0.1) is 0 Å². The number of urea groups is 1. The molecule has 0 spiro atoms. The molecule has 1 aromatic carbocycles. The van der Waals surface area contributed by atoms with Crippen LogP contribution in [0.4, 0.5) is 18.0 Å². The average molecular weight is 344 g/mol. The van der Waals surface area contributed by atoms with E-state index in [1.165, 1.54) is 18.2 Å². The monoisotopic (exact) mass is 344 g/mol. The van der Waals surface area contributed by atoms with Crippen LogP contribution in [0.25, 0.3) is 0 Å². The molecule has 1 unspecified atom stereocenters. The third kappa shape index (κ3) is 4.62. The zero-order valence-corrected chi connectivity index (χ0v) is 13.1. The Morgan fingerprint density at radius 1 is 1.29 bits per heavy atom. The number of alkyl halides is 3. The van der Waals surface area contributed by atoms with Crippen molar-refractivity contribution in [1.29, 1.82) is 0 Å². The number of carboxylic acid groups (broad SMARTS) is 1. The van der Waals surface area contributed by atoms with Gasteiger partial charge in [0.05, 0.1) is 11.5 Å². The Morgan fingerprint density at radius 2 is 1.92 bits per heavy atom. The molecule has 1 fully saturated rings. The molecule has 0 aromatic heterocycles. The molecule has 1 saturated carbocycles. The van der Waals surface area contributed by atoms with Gasteiger partial charge >= 0.3 is 18.2 Å². The maximum absolute atomic E-state index is 12.9. The summed E-state index contributed by atoms with van der Waals surface area (Å²) in [6.07, 6.45) is -3.65. The Kier molecular flexibility index (Phi) is 5.36. The highest BCUT2D eigenvalue weighted by Gasteiger charge is 2.36. The predicted molar refractivity (Wildman–Crippen MR) is 80.4 cm³/mol. The van der Waals surface area contributed by atoms with Crippen LogP contribution in [0.2, 0.25) is 0 Å².